The molecule has 0 aliphatic carbocycles. The van der Waals surface area contributed by atoms with Crippen molar-refractivity contribution >= 4 is 5.91 Å². The molecule has 0 spiro atoms. The average molecular weight is 251 g/mol. The molecule has 0 saturated heterocycles. The zero-order valence-corrected chi connectivity index (χ0v) is 11.5. The molecule has 1 heterocycles. The van der Waals surface area contributed by atoms with Gasteiger partial charge in [0.25, 0.3) is 0 Å². The van der Waals surface area contributed by atoms with Crippen molar-refractivity contribution in [3.05, 3.63) is 23.0 Å². The number of ether oxygens (including phenoxy) is 1. The third-order valence-electron chi connectivity index (χ3n) is 2.72. The molecule has 1 rings (SSSR count). The lowest BCUT2D eigenvalue weighted by Crippen LogP contribution is -2.30. The molecule has 5 heteroatoms. The Hall–Kier alpha value is -1.62. The Morgan fingerprint density at radius 3 is 2.72 bits per heavy atom. The number of hydrogen-bond donors (Lipinski definition) is 2. The van der Waals surface area contributed by atoms with Gasteiger partial charge in [0.05, 0.1) is 12.8 Å². The van der Waals surface area contributed by atoms with E-state index < -0.39 is 0 Å². The van der Waals surface area contributed by atoms with Gasteiger partial charge in [-0.25, -0.2) is 0 Å². The van der Waals surface area contributed by atoms with Crippen LogP contribution in [0.1, 0.15) is 23.7 Å². The molecule has 0 unspecified atom stereocenters. The van der Waals surface area contributed by atoms with Crippen molar-refractivity contribution in [2.75, 3.05) is 20.2 Å². The van der Waals surface area contributed by atoms with Crippen LogP contribution in [0.25, 0.3) is 0 Å². The number of nitrogens with one attached hydrogen (secondary N) is 2. The first-order valence-electron chi connectivity index (χ1n) is 6.00. The fourth-order valence-corrected chi connectivity index (χ4v) is 1.78. The SMILES string of the molecule is COc1c(C)cnc(CNCCNC(C)=O)c1C. The predicted molar refractivity (Wildman–Crippen MR) is 70.7 cm³/mol. The van der Waals surface area contributed by atoms with E-state index in [9.17, 15) is 4.79 Å². The molecule has 0 saturated carbocycles. The Bertz CT molecular complexity index is 419. The third-order valence-corrected chi connectivity index (χ3v) is 2.72. The normalized spacial score (nSPS) is 10.2. The number of carbonyl (C=O) groups excluding carboxylic acids is 1. The molecule has 0 aliphatic heterocycles. The average Bonchev–Trinajstić information content (AvgIpc) is 2.31. The van der Waals surface area contributed by atoms with Crippen LogP contribution in [0.3, 0.4) is 0 Å². The van der Waals surface area contributed by atoms with Crippen LogP contribution < -0.4 is 15.4 Å². The van der Waals surface area contributed by atoms with Gasteiger partial charge >= 0.3 is 0 Å². The Morgan fingerprint density at radius 1 is 1.39 bits per heavy atom. The molecule has 0 fully saturated rings. The third kappa shape index (κ3) is 4.00. The van der Waals surface area contributed by atoms with Crippen molar-refractivity contribution in [1.29, 1.82) is 0 Å². The largest absolute Gasteiger partial charge is 0.496 e. The minimum absolute atomic E-state index is 0.0110. The topological polar surface area (TPSA) is 63.2 Å². The monoisotopic (exact) mass is 251 g/mol. The van der Waals surface area contributed by atoms with Crippen LogP contribution in [0.4, 0.5) is 0 Å². The van der Waals surface area contributed by atoms with Gasteiger partial charge in [0.2, 0.25) is 5.91 Å². The number of aromatic nitrogens is 1. The van der Waals surface area contributed by atoms with Crippen LogP contribution in [-0.4, -0.2) is 31.1 Å². The smallest absolute Gasteiger partial charge is 0.216 e. The van der Waals surface area contributed by atoms with Gasteiger partial charge in [0, 0.05) is 43.9 Å². The number of aryl methyl sites for hydroxylation is 1. The zero-order chi connectivity index (χ0) is 13.5. The molecule has 2 N–H and O–H groups in total. The number of amides is 1. The quantitative estimate of drug-likeness (QED) is 0.738. The zero-order valence-electron chi connectivity index (χ0n) is 11.5. The van der Waals surface area contributed by atoms with E-state index in [0.29, 0.717) is 13.1 Å². The Morgan fingerprint density at radius 2 is 2.11 bits per heavy atom. The summed E-state index contributed by atoms with van der Waals surface area (Å²) in [5, 5.41) is 5.97. The van der Waals surface area contributed by atoms with E-state index in [0.717, 1.165) is 29.1 Å². The molecular weight excluding hydrogens is 230 g/mol. The van der Waals surface area contributed by atoms with E-state index in [4.69, 9.17) is 4.74 Å². The molecule has 18 heavy (non-hydrogen) atoms. The number of carbonyl (C=O) groups is 1. The summed E-state index contributed by atoms with van der Waals surface area (Å²) >= 11 is 0. The Balaban J connectivity index is 2.50. The van der Waals surface area contributed by atoms with Crippen LogP contribution in [0.2, 0.25) is 0 Å². The van der Waals surface area contributed by atoms with E-state index in [1.54, 1.807) is 7.11 Å². The minimum Gasteiger partial charge on any atom is -0.496 e. The summed E-state index contributed by atoms with van der Waals surface area (Å²) < 4.78 is 5.35. The van der Waals surface area contributed by atoms with Crippen LogP contribution in [0.15, 0.2) is 6.20 Å². The maximum atomic E-state index is 10.7. The first-order chi connectivity index (χ1) is 8.56. The summed E-state index contributed by atoms with van der Waals surface area (Å²) in [6.07, 6.45) is 1.82. The van der Waals surface area contributed by atoms with Crippen LogP contribution in [0.5, 0.6) is 5.75 Å². The van der Waals surface area contributed by atoms with Crippen molar-refractivity contribution < 1.29 is 9.53 Å². The van der Waals surface area contributed by atoms with Gasteiger partial charge in [-0.3, -0.25) is 9.78 Å². The summed E-state index contributed by atoms with van der Waals surface area (Å²) in [6.45, 7) is 7.50. The second-order valence-corrected chi connectivity index (χ2v) is 4.21. The fourth-order valence-electron chi connectivity index (χ4n) is 1.78. The number of hydrogen-bond acceptors (Lipinski definition) is 4. The summed E-state index contributed by atoms with van der Waals surface area (Å²) in [4.78, 5) is 15.1. The van der Waals surface area contributed by atoms with Gasteiger partial charge in [-0.15, -0.1) is 0 Å². The Labute approximate surface area is 108 Å². The van der Waals surface area contributed by atoms with Gasteiger partial charge in [-0.1, -0.05) is 0 Å². The van der Waals surface area contributed by atoms with Crippen molar-refractivity contribution in [3.63, 3.8) is 0 Å². The highest BCUT2D eigenvalue weighted by molar-refractivity contribution is 5.72. The standard InChI is InChI=1S/C13H21N3O2/c1-9-7-16-12(10(2)13(9)18-4)8-14-5-6-15-11(3)17/h7,14H,5-6,8H2,1-4H3,(H,15,17). The van der Waals surface area contributed by atoms with Gasteiger partial charge in [-0.2, -0.15) is 0 Å². The molecule has 5 nitrogen and oxygen atoms in total. The van der Waals surface area contributed by atoms with E-state index in [-0.39, 0.29) is 5.91 Å². The molecule has 100 valence electrons. The van der Waals surface area contributed by atoms with E-state index in [1.165, 1.54) is 6.92 Å². The maximum Gasteiger partial charge on any atom is 0.216 e. The van der Waals surface area contributed by atoms with Gasteiger partial charge in [0.15, 0.2) is 0 Å². The van der Waals surface area contributed by atoms with E-state index in [2.05, 4.69) is 15.6 Å². The second-order valence-electron chi connectivity index (χ2n) is 4.21. The summed E-state index contributed by atoms with van der Waals surface area (Å²) in [5.41, 5.74) is 3.07. The van der Waals surface area contributed by atoms with E-state index >= 15 is 0 Å². The molecule has 1 aromatic rings. The summed E-state index contributed by atoms with van der Waals surface area (Å²) in [7, 11) is 1.67. The lowest BCUT2D eigenvalue weighted by Gasteiger charge is -2.12. The predicted octanol–water partition coefficient (Wildman–Crippen LogP) is 0.933. The highest BCUT2D eigenvalue weighted by Gasteiger charge is 2.08. The number of nitrogens with zero attached hydrogens (tertiary/aromatic N) is 1. The molecule has 0 aliphatic rings. The van der Waals surface area contributed by atoms with Crippen LogP contribution in [-0.2, 0) is 11.3 Å². The van der Waals surface area contributed by atoms with Gasteiger partial charge in [0.1, 0.15) is 5.75 Å². The highest BCUT2D eigenvalue weighted by atomic mass is 16.5. The fraction of sp³-hybridized carbons (Fsp3) is 0.538. The molecule has 1 aromatic heterocycles. The van der Waals surface area contributed by atoms with Crippen LogP contribution >= 0.6 is 0 Å². The molecule has 1 amide bonds. The van der Waals surface area contributed by atoms with Crippen LogP contribution in [0, 0.1) is 13.8 Å². The molecule has 0 aromatic carbocycles. The number of methoxy groups -OCH3 is 1. The summed E-state index contributed by atoms with van der Waals surface area (Å²) in [5.74, 6) is 0.881. The van der Waals surface area contributed by atoms with Crippen molar-refractivity contribution in [2.24, 2.45) is 0 Å². The minimum atomic E-state index is -0.0110. The molecular formula is C13H21N3O2. The number of pyridine rings is 1. The van der Waals surface area contributed by atoms with E-state index in [1.807, 2.05) is 20.0 Å². The maximum absolute atomic E-state index is 10.7. The molecule has 0 radical (unpaired) electrons. The van der Waals surface area contributed by atoms with Crippen molar-refractivity contribution in [3.8, 4) is 5.75 Å². The van der Waals surface area contributed by atoms with Crippen molar-refractivity contribution in [1.82, 2.24) is 15.6 Å². The highest BCUT2D eigenvalue weighted by Crippen LogP contribution is 2.23. The lowest BCUT2D eigenvalue weighted by atomic mass is 10.1. The molecule has 0 atom stereocenters. The lowest BCUT2D eigenvalue weighted by molar-refractivity contribution is -0.118. The summed E-state index contributed by atoms with van der Waals surface area (Å²) in [6, 6.07) is 0. The van der Waals surface area contributed by atoms with Crippen molar-refractivity contribution in [2.45, 2.75) is 27.3 Å². The molecule has 0 bridgehead atoms. The van der Waals surface area contributed by atoms with Gasteiger partial charge in [-0.05, 0) is 13.8 Å². The number of rotatable bonds is 6. The van der Waals surface area contributed by atoms with Gasteiger partial charge < -0.3 is 15.4 Å². The Kier molecular flexibility index (Phi) is 5.58. The second kappa shape index (κ2) is 6.96. The first kappa shape index (κ1) is 14.4. The first-order valence-corrected chi connectivity index (χ1v) is 6.00.